The average Bonchev–Trinajstić information content (AvgIpc) is 2.87. The molecule has 0 amide bonds. The normalized spacial score (nSPS) is 24.4. The highest BCUT2D eigenvalue weighted by Crippen LogP contribution is 2.41. The van der Waals surface area contributed by atoms with Gasteiger partial charge in [-0.25, -0.2) is 13.2 Å². The molecule has 2 fully saturated rings. The molecule has 0 saturated heterocycles. The first-order valence-electron chi connectivity index (χ1n) is 12.6. The molecule has 2 saturated carbocycles. The van der Waals surface area contributed by atoms with Gasteiger partial charge in [0.2, 0.25) is 5.82 Å². The van der Waals surface area contributed by atoms with Crippen molar-refractivity contribution in [1.82, 2.24) is 0 Å². The van der Waals surface area contributed by atoms with Crippen LogP contribution in [0.1, 0.15) is 86.8 Å². The van der Waals surface area contributed by atoms with Crippen molar-refractivity contribution >= 4 is 0 Å². The Morgan fingerprint density at radius 1 is 0.800 bits per heavy atom. The van der Waals surface area contributed by atoms with E-state index in [1.807, 2.05) is 0 Å². The van der Waals surface area contributed by atoms with E-state index in [9.17, 15) is 13.2 Å². The second kappa shape index (κ2) is 11.3. The molecule has 0 spiro atoms. The van der Waals surface area contributed by atoms with Gasteiger partial charge in [0, 0.05) is 5.92 Å². The highest BCUT2D eigenvalue weighted by atomic mass is 19.2. The molecule has 5 heteroatoms. The molecule has 35 heavy (non-hydrogen) atoms. The first-order chi connectivity index (χ1) is 16.9. The third-order valence-electron chi connectivity index (χ3n) is 7.58. The fourth-order valence-electron chi connectivity index (χ4n) is 5.40. The van der Waals surface area contributed by atoms with Crippen molar-refractivity contribution in [3.05, 3.63) is 76.9 Å². The first-order valence-corrected chi connectivity index (χ1v) is 12.6. The van der Waals surface area contributed by atoms with Crippen LogP contribution >= 0.6 is 0 Å². The molecule has 2 aliphatic rings. The summed E-state index contributed by atoms with van der Waals surface area (Å²) in [5.41, 5.74) is 0.953. The zero-order valence-corrected chi connectivity index (χ0v) is 20.2. The highest BCUT2D eigenvalue weighted by molar-refractivity contribution is 5.41. The molecule has 2 aliphatic carbocycles. The Bertz CT molecular complexity index is 1110. The zero-order chi connectivity index (χ0) is 24.9. The minimum Gasteiger partial charge on any atom is -0.486 e. The van der Waals surface area contributed by atoms with Crippen LogP contribution in [0.3, 0.4) is 0 Å². The lowest BCUT2D eigenvalue weighted by Gasteiger charge is -2.29. The predicted octanol–water partition coefficient (Wildman–Crippen LogP) is 8.43. The van der Waals surface area contributed by atoms with E-state index in [1.54, 1.807) is 12.1 Å². The van der Waals surface area contributed by atoms with Crippen molar-refractivity contribution in [2.75, 3.05) is 6.61 Å². The maximum absolute atomic E-state index is 15.0. The fourth-order valence-corrected chi connectivity index (χ4v) is 5.40. The Hall–Kier alpha value is -2.74. The average molecular weight is 485 g/mol. The van der Waals surface area contributed by atoms with Crippen LogP contribution in [-0.4, -0.2) is 6.61 Å². The Kier molecular flexibility index (Phi) is 8.21. The van der Waals surface area contributed by atoms with Gasteiger partial charge in [-0.2, -0.15) is 4.39 Å². The van der Waals surface area contributed by atoms with Crippen molar-refractivity contribution in [2.45, 2.75) is 70.1 Å². The van der Waals surface area contributed by atoms with Crippen molar-refractivity contribution in [2.24, 2.45) is 11.8 Å². The molecule has 0 atom stereocenters. The second-order valence-corrected chi connectivity index (χ2v) is 9.99. The van der Waals surface area contributed by atoms with E-state index in [1.165, 1.54) is 18.2 Å². The fraction of sp³-hybridized carbons (Fsp3) is 0.467. The maximum Gasteiger partial charge on any atom is 0.201 e. The summed E-state index contributed by atoms with van der Waals surface area (Å²) in [6, 6.07) is 6.33. The first kappa shape index (κ1) is 25.4. The van der Waals surface area contributed by atoms with Gasteiger partial charge in [-0.1, -0.05) is 56.4 Å². The standard InChI is InChI=1S/C30H32F4O/c1-3-18-35-26-17-14-23(27(31)30(26)34)13-8-20-6-11-22(12-7-20)25-16-15-24(28(32)29(25)33)21-9-4-19(2)5-10-21/h3,14-17,19-22H,1,4-7,9-12,18H2,2H3. The van der Waals surface area contributed by atoms with Crippen molar-refractivity contribution in [3.63, 3.8) is 0 Å². The molecule has 0 bridgehead atoms. The quantitative estimate of drug-likeness (QED) is 0.235. The molecule has 0 aliphatic heterocycles. The molecule has 0 radical (unpaired) electrons. The molecule has 4 rings (SSSR count). The summed E-state index contributed by atoms with van der Waals surface area (Å²) in [5, 5.41) is 0. The maximum atomic E-state index is 15.0. The lowest BCUT2D eigenvalue weighted by Crippen LogP contribution is -2.16. The Morgan fingerprint density at radius 2 is 1.37 bits per heavy atom. The van der Waals surface area contributed by atoms with Gasteiger partial charge in [-0.3, -0.25) is 0 Å². The van der Waals surface area contributed by atoms with Crippen LogP contribution in [0.25, 0.3) is 0 Å². The molecule has 0 aromatic heterocycles. The van der Waals surface area contributed by atoms with Crippen LogP contribution in [0.15, 0.2) is 36.9 Å². The number of hydrogen-bond acceptors (Lipinski definition) is 1. The zero-order valence-electron chi connectivity index (χ0n) is 20.2. The van der Waals surface area contributed by atoms with Gasteiger partial charge in [-0.15, -0.1) is 0 Å². The molecular weight excluding hydrogens is 452 g/mol. The lowest BCUT2D eigenvalue weighted by atomic mass is 9.76. The minimum absolute atomic E-state index is 0.00168. The van der Waals surface area contributed by atoms with Gasteiger partial charge in [0.05, 0.1) is 5.56 Å². The van der Waals surface area contributed by atoms with Gasteiger partial charge in [-0.05, 0) is 79.5 Å². The third-order valence-corrected chi connectivity index (χ3v) is 7.58. The summed E-state index contributed by atoms with van der Waals surface area (Å²) in [5.74, 6) is 2.85. The Labute approximate surface area is 205 Å². The Balaban J connectivity index is 1.39. The summed E-state index contributed by atoms with van der Waals surface area (Å²) in [6.07, 6.45) is 8.16. The van der Waals surface area contributed by atoms with Crippen LogP contribution < -0.4 is 4.74 Å². The van der Waals surface area contributed by atoms with Gasteiger partial charge in [0.25, 0.3) is 0 Å². The molecule has 2 aromatic rings. The molecule has 186 valence electrons. The number of hydrogen-bond donors (Lipinski definition) is 0. The Morgan fingerprint density at radius 3 is 1.94 bits per heavy atom. The predicted molar refractivity (Wildman–Crippen MR) is 130 cm³/mol. The van der Waals surface area contributed by atoms with Gasteiger partial charge >= 0.3 is 0 Å². The lowest BCUT2D eigenvalue weighted by molar-refractivity contribution is 0.332. The van der Waals surface area contributed by atoms with Crippen LogP contribution in [0.4, 0.5) is 17.6 Å². The summed E-state index contributed by atoms with van der Waals surface area (Å²) < 4.78 is 63.6. The third kappa shape index (κ3) is 5.74. The summed E-state index contributed by atoms with van der Waals surface area (Å²) in [4.78, 5) is 0. The molecule has 0 unspecified atom stereocenters. The highest BCUT2D eigenvalue weighted by Gasteiger charge is 2.28. The van der Waals surface area contributed by atoms with Gasteiger partial charge in [0.1, 0.15) is 6.61 Å². The second-order valence-electron chi connectivity index (χ2n) is 9.99. The van der Waals surface area contributed by atoms with Crippen molar-refractivity contribution in [1.29, 1.82) is 0 Å². The summed E-state index contributed by atoms with van der Waals surface area (Å²) >= 11 is 0. The van der Waals surface area contributed by atoms with Crippen LogP contribution in [0, 0.1) is 46.9 Å². The van der Waals surface area contributed by atoms with E-state index in [-0.39, 0.29) is 35.7 Å². The van der Waals surface area contributed by atoms with E-state index in [4.69, 9.17) is 4.74 Å². The van der Waals surface area contributed by atoms with Gasteiger partial charge < -0.3 is 4.74 Å². The largest absolute Gasteiger partial charge is 0.486 e. The number of rotatable bonds is 5. The van der Waals surface area contributed by atoms with Crippen LogP contribution in [-0.2, 0) is 0 Å². The number of benzene rings is 2. The number of halogens is 4. The minimum atomic E-state index is -1.06. The van der Waals surface area contributed by atoms with E-state index in [0.717, 1.165) is 25.7 Å². The summed E-state index contributed by atoms with van der Waals surface area (Å²) in [6.45, 7) is 5.77. The molecule has 1 nitrogen and oxygen atoms in total. The molecule has 0 heterocycles. The van der Waals surface area contributed by atoms with Crippen molar-refractivity contribution in [3.8, 4) is 17.6 Å². The van der Waals surface area contributed by atoms with Gasteiger partial charge in [0.15, 0.2) is 23.2 Å². The molecule has 2 aromatic carbocycles. The van der Waals surface area contributed by atoms with Crippen molar-refractivity contribution < 1.29 is 22.3 Å². The molecule has 0 N–H and O–H groups in total. The van der Waals surface area contributed by atoms with Crippen LogP contribution in [0.5, 0.6) is 5.75 Å². The molecular formula is C30H32F4O. The van der Waals surface area contributed by atoms with E-state index >= 15 is 4.39 Å². The van der Waals surface area contributed by atoms with E-state index in [2.05, 4.69) is 25.3 Å². The van der Waals surface area contributed by atoms with Crippen LogP contribution in [0.2, 0.25) is 0 Å². The number of ether oxygens (including phenoxy) is 1. The SMILES string of the molecule is C=CCOc1ccc(C#CC2CCC(c3ccc(C4CCC(C)CC4)c(F)c3F)CC2)c(F)c1F. The topological polar surface area (TPSA) is 9.23 Å². The summed E-state index contributed by atoms with van der Waals surface area (Å²) in [7, 11) is 0. The van der Waals surface area contributed by atoms with E-state index < -0.39 is 23.3 Å². The smallest absolute Gasteiger partial charge is 0.201 e. The van der Waals surface area contributed by atoms with E-state index in [0.29, 0.717) is 42.7 Å². The monoisotopic (exact) mass is 484 g/mol.